The third kappa shape index (κ3) is 2.12. The van der Waals surface area contributed by atoms with Gasteiger partial charge in [-0.3, -0.25) is 9.59 Å². The Hall–Kier alpha value is -1.43. The van der Waals surface area contributed by atoms with E-state index in [0.717, 1.165) is 19.6 Å². The molecule has 0 aromatic carbocycles. The first kappa shape index (κ1) is 11.6. The summed E-state index contributed by atoms with van der Waals surface area (Å²) in [6.45, 7) is 2.65. The molecule has 98 valence electrons. The van der Waals surface area contributed by atoms with Crippen LogP contribution in [0.5, 0.6) is 0 Å². The quantitative estimate of drug-likeness (QED) is 0.656. The van der Waals surface area contributed by atoms with Gasteiger partial charge in [0.25, 0.3) is 5.91 Å². The Balaban J connectivity index is 1.65. The monoisotopic (exact) mass is 250 g/mol. The summed E-state index contributed by atoms with van der Waals surface area (Å²) in [6.07, 6.45) is 3.22. The molecule has 0 saturated carbocycles. The number of piperidine rings is 1. The number of fused-ring (bicyclic) bond motifs is 1. The van der Waals surface area contributed by atoms with E-state index in [1.807, 2.05) is 4.90 Å². The number of hydrogen-bond acceptors (Lipinski definition) is 4. The molecule has 0 aromatic rings. The number of carbonyl (C=O) groups is 2. The number of hydrazone groups is 1. The molecule has 2 unspecified atom stereocenters. The Morgan fingerprint density at radius 3 is 2.94 bits per heavy atom. The summed E-state index contributed by atoms with van der Waals surface area (Å²) in [7, 11) is 0. The molecule has 0 aromatic heterocycles. The second kappa shape index (κ2) is 4.68. The summed E-state index contributed by atoms with van der Waals surface area (Å²) in [5, 5.41) is 7.35. The van der Waals surface area contributed by atoms with Crippen molar-refractivity contribution in [3.8, 4) is 0 Å². The van der Waals surface area contributed by atoms with Gasteiger partial charge in [0.2, 0.25) is 5.91 Å². The van der Waals surface area contributed by atoms with Gasteiger partial charge in [0.05, 0.1) is 0 Å². The zero-order valence-electron chi connectivity index (χ0n) is 10.3. The Labute approximate surface area is 106 Å². The molecular formula is C12H18N4O2. The van der Waals surface area contributed by atoms with Crippen molar-refractivity contribution in [3.05, 3.63) is 0 Å². The summed E-state index contributed by atoms with van der Waals surface area (Å²) in [5.74, 6) is 0.469. The standard InChI is InChI=1S/C12H18N4O2/c17-11-4-3-9(14-15-11)12(18)16-6-8-2-1-5-13-10(8)7-16/h8,10,13H,1-7H2,(H,15,17). The highest BCUT2D eigenvalue weighted by Gasteiger charge is 2.37. The Morgan fingerprint density at radius 2 is 2.22 bits per heavy atom. The van der Waals surface area contributed by atoms with Crippen LogP contribution in [0.3, 0.4) is 0 Å². The van der Waals surface area contributed by atoms with E-state index in [4.69, 9.17) is 0 Å². The third-order valence-electron chi connectivity index (χ3n) is 4.04. The first-order chi connectivity index (χ1) is 8.74. The molecule has 3 aliphatic rings. The first-order valence-corrected chi connectivity index (χ1v) is 6.62. The van der Waals surface area contributed by atoms with Gasteiger partial charge in [-0.25, -0.2) is 5.43 Å². The van der Waals surface area contributed by atoms with E-state index in [-0.39, 0.29) is 11.8 Å². The van der Waals surface area contributed by atoms with Crippen LogP contribution < -0.4 is 10.7 Å². The van der Waals surface area contributed by atoms with Gasteiger partial charge in [-0.05, 0) is 25.3 Å². The highest BCUT2D eigenvalue weighted by molar-refractivity contribution is 6.39. The van der Waals surface area contributed by atoms with Gasteiger partial charge < -0.3 is 10.2 Å². The van der Waals surface area contributed by atoms with Gasteiger partial charge in [0, 0.05) is 32.0 Å². The van der Waals surface area contributed by atoms with Gasteiger partial charge in [-0.2, -0.15) is 5.10 Å². The highest BCUT2D eigenvalue weighted by atomic mass is 16.2. The number of nitrogens with one attached hydrogen (secondary N) is 2. The van der Waals surface area contributed by atoms with Crippen LogP contribution >= 0.6 is 0 Å². The van der Waals surface area contributed by atoms with Crippen molar-refractivity contribution in [2.75, 3.05) is 19.6 Å². The van der Waals surface area contributed by atoms with E-state index in [1.165, 1.54) is 12.8 Å². The number of amides is 2. The van der Waals surface area contributed by atoms with Crippen LogP contribution in [0.15, 0.2) is 5.10 Å². The zero-order valence-corrected chi connectivity index (χ0v) is 10.3. The molecule has 3 rings (SSSR count). The lowest BCUT2D eigenvalue weighted by Gasteiger charge is -2.24. The van der Waals surface area contributed by atoms with Crippen molar-refractivity contribution in [3.63, 3.8) is 0 Å². The van der Waals surface area contributed by atoms with Crippen molar-refractivity contribution in [1.82, 2.24) is 15.6 Å². The molecule has 0 radical (unpaired) electrons. The second-order valence-corrected chi connectivity index (χ2v) is 5.27. The predicted octanol–water partition coefficient (Wildman–Crippen LogP) is -0.537. The minimum atomic E-state index is -0.108. The van der Waals surface area contributed by atoms with E-state index in [0.29, 0.717) is 30.5 Å². The van der Waals surface area contributed by atoms with Gasteiger partial charge in [0.15, 0.2) is 0 Å². The summed E-state index contributed by atoms with van der Waals surface area (Å²) in [4.78, 5) is 25.1. The molecule has 18 heavy (non-hydrogen) atoms. The lowest BCUT2D eigenvalue weighted by molar-refractivity contribution is -0.124. The predicted molar refractivity (Wildman–Crippen MR) is 65.9 cm³/mol. The van der Waals surface area contributed by atoms with E-state index < -0.39 is 0 Å². The van der Waals surface area contributed by atoms with Gasteiger partial charge in [-0.1, -0.05) is 0 Å². The van der Waals surface area contributed by atoms with Crippen LogP contribution in [0, 0.1) is 5.92 Å². The first-order valence-electron chi connectivity index (χ1n) is 6.62. The molecule has 3 heterocycles. The maximum Gasteiger partial charge on any atom is 0.270 e. The number of nitrogens with zero attached hydrogens (tertiary/aromatic N) is 2. The molecule has 0 bridgehead atoms. The molecule has 2 fully saturated rings. The summed E-state index contributed by atoms with van der Waals surface area (Å²) < 4.78 is 0. The van der Waals surface area contributed by atoms with E-state index in [1.54, 1.807) is 0 Å². The molecule has 2 N–H and O–H groups in total. The van der Waals surface area contributed by atoms with Gasteiger partial charge in [0.1, 0.15) is 5.71 Å². The molecule has 6 heteroatoms. The largest absolute Gasteiger partial charge is 0.336 e. The third-order valence-corrected chi connectivity index (χ3v) is 4.04. The molecule has 2 atom stereocenters. The molecule has 0 spiro atoms. The van der Waals surface area contributed by atoms with E-state index in [9.17, 15) is 9.59 Å². The fraction of sp³-hybridized carbons (Fsp3) is 0.750. The van der Waals surface area contributed by atoms with E-state index in [2.05, 4.69) is 15.8 Å². The highest BCUT2D eigenvalue weighted by Crippen LogP contribution is 2.25. The number of rotatable bonds is 1. The van der Waals surface area contributed by atoms with Gasteiger partial charge in [-0.15, -0.1) is 0 Å². The second-order valence-electron chi connectivity index (χ2n) is 5.27. The van der Waals surface area contributed by atoms with Crippen LogP contribution in [0.1, 0.15) is 25.7 Å². The minimum absolute atomic E-state index is 0.00815. The molecule has 3 aliphatic heterocycles. The molecule has 2 amide bonds. The zero-order chi connectivity index (χ0) is 12.5. The summed E-state index contributed by atoms with van der Waals surface area (Å²) in [6, 6.07) is 0.446. The lowest BCUT2D eigenvalue weighted by Crippen LogP contribution is -2.42. The maximum absolute atomic E-state index is 12.3. The number of likely N-dealkylation sites (tertiary alicyclic amines) is 1. The van der Waals surface area contributed by atoms with Crippen LogP contribution in [-0.2, 0) is 9.59 Å². The molecular weight excluding hydrogens is 232 g/mol. The van der Waals surface area contributed by atoms with Crippen LogP contribution in [0.25, 0.3) is 0 Å². The summed E-state index contributed by atoms with van der Waals surface area (Å²) >= 11 is 0. The Morgan fingerprint density at radius 1 is 1.33 bits per heavy atom. The SMILES string of the molecule is O=C1CCC(C(=O)N2CC3CCCNC3C2)=NN1. The minimum Gasteiger partial charge on any atom is -0.336 e. The van der Waals surface area contributed by atoms with Crippen molar-refractivity contribution >= 4 is 17.5 Å². The lowest BCUT2D eigenvalue weighted by atomic mass is 9.94. The van der Waals surface area contributed by atoms with Crippen LogP contribution in [-0.4, -0.2) is 48.1 Å². The van der Waals surface area contributed by atoms with Crippen molar-refractivity contribution in [2.24, 2.45) is 11.0 Å². The Bertz CT molecular complexity index is 393. The van der Waals surface area contributed by atoms with Crippen molar-refractivity contribution < 1.29 is 9.59 Å². The average molecular weight is 250 g/mol. The topological polar surface area (TPSA) is 73.8 Å². The molecule has 6 nitrogen and oxygen atoms in total. The van der Waals surface area contributed by atoms with Gasteiger partial charge >= 0.3 is 0 Å². The fourth-order valence-corrected chi connectivity index (χ4v) is 3.02. The maximum atomic E-state index is 12.3. The van der Waals surface area contributed by atoms with Crippen LogP contribution in [0.4, 0.5) is 0 Å². The summed E-state index contributed by atoms with van der Waals surface area (Å²) in [5.41, 5.74) is 2.88. The number of carbonyl (C=O) groups excluding carboxylic acids is 2. The smallest absolute Gasteiger partial charge is 0.270 e. The molecule has 2 saturated heterocycles. The normalized spacial score (nSPS) is 31.7. The van der Waals surface area contributed by atoms with Crippen LogP contribution in [0.2, 0.25) is 0 Å². The molecule has 0 aliphatic carbocycles. The average Bonchev–Trinajstić information content (AvgIpc) is 2.82. The van der Waals surface area contributed by atoms with E-state index >= 15 is 0 Å². The fourth-order valence-electron chi connectivity index (χ4n) is 3.02. The number of hydrogen-bond donors (Lipinski definition) is 2. The van der Waals surface area contributed by atoms with Crippen molar-refractivity contribution in [1.29, 1.82) is 0 Å². The van der Waals surface area contributed by atoms with Crippen molar-refractivity contribution in [2.45, 2.75) is 31.7 Å². The Kier molecular flexibility index (Phi) is 3.03.